The number of hydrogen-bond acceptors (Lipinski definition) is 5. The fraction of sp³-hybridized carbons (Fsp3) is 0.400. The van der Waals surface area contributed by atoms with Gasteiger partial charge in [0.05, 0.1) is 16.9 Å². The van der Waals surface area contributed by atoms with E-state index in [2.05, 4.69) is 55.6 Å². The molecule has 214 valence electrons. The van der Waals surface area contributed by atoms with E-state index >= 15 is 0 Å². The number of rotatable bonds is 5. The SMILES string of the molecule is CN(C)C=C1C(=O)c2cc(-c3ccccc3)c(-c3ccc(C4(NC(=O)OC(C)(C)C)CCC4)cc3)nc2CC1(C)C. The minimum absolute atomic E-state index is 0.0386. The van der Waals surface area contributed by atoms with E-state index in [4.69, 9.17) is 9.72 Å². The van der Waals surface area contributed by atoms with Crippen LogP contribution < -0.4 is 5.32 Å². The van der Waals surface area contributed by atoms with Gasteiger partial charge in [-0.2, -0.15) is 0 Å². The van der Waals surface area contributed by atoms with Crippen molar-refractivity contribution in [1.82, 2.24) is 15.2 Å². The first-order valence-corrected chi connectivity index (χ1v) is 14.4. The van der Waals surface area contributed by atoms with E-state index in [1.54, 1.807) is 0 Å². The summed E-state index contributed by atoms with van der Waals surface area (Å²) in [5, 5.41) is 3.15. The number of carbonyl (C=O) groups is 2. The minimum Gasteiger partial charge on any atom is -0.444 e. The summed E-state index contributed by atoms with van der Waals surface area (Å²) in [6.45, 7) is 9.84. The third kappa shape index (κ3) is 5.79. The molecule has 2 aliphatic carbocycles. The predicted molar refractivity (Wildman–Crippen MR) is 164 cm³/mol. The summed E-state index contributed by atoms with van der Waals surface area (Å²) in [6.07, 6.45) is 5.03. The van der Waals surface area contributed by atoms with Crippen molar-refractivity contribution in [1.29, 1.82) is 0 Å². The van der Waals surface area contributed by atoms with Gasteiger partial charge in [0.25, 0.3) is 0 Å². The number of hydrogen-bond donors (Lipinski definition) is 1. The quantitative estimate of drug-likeness (QED) is 0.332. The zero-order chi connectivity index (χ0) is 29.6. The first-order chi connectivity index (χ1) is 19.3. The van der Waals surface area contributed by atoms with Gasteiger partial charge in [-0.25, -0.2) is 4.79 Å². The number of allylic oxidation sites excluding steroid dienone is 1. The summed E-state index contributed by atoms with van der Waals surface area (Å²) in [6, 6.07) is 20.5. The van der Waals surface area contributed by atoms with Crippen molar-refractivity contribution in [3.8, 4) is 22.4 Å². The van der Waals surface area contributed by atoms with Crippen LogP contribution in [0.3, 0.4) is 0 Å². The monoisotopic (exact) mass is 551 g/mol. The van der Waals surface area contributed by atoms with Crippen molar-refractivity contribution in [2.75, 3.05) is 14.1 Å². The maximum atomic E-state index is 13.8. The average Bonchev–Trinajstić information content (AvgIpc) is 2.87. The molecule has 0 saturated heterocycles. The molecule has 0 atom stereocenters. The predicted octanol–water partition coefficient (Wildman–Crippen LogP) is 7.53. The highest BCUT2D eigenvalue weighted by molar-refractivity contribution is 6.12. The van der Waals surface area contributed by atoms with Crippen LogP contribution >= 0.6 is 0 Å². The minimum atomic E-state index is -0.552. The Balaban J connectivity index is 1.56. The Morgan fingerprint density at radius 3 is 2.20 bits per heavy atom. The van der Waals surface area contributed by atoms with E-state index in [1.807, 2.05) is 70.2 Å². The molecule has 1 saturated carbocycles. The van der Waals surface area contributed by atoms with Gasteiger partial charge in [0.1, 0.15) is 5.60 Å². The molecular weight excluding hydrogens is 510 g/mol. The molecule has 1 fully saturated rings. The lowest BCUT2D eigenvalue weighted by atomic mass is 9.71. The lowest BCUT2D eigenvalue weighted by molar-refractivity contribution is 0.0377. The van der Waals surface area contributed by atoms with Gasteiger partial charge in [0.2, 0.25) is 0 Å². The van der Waals surface area contributed by atoms with Gasteiger partial charge in [-0.3, -0.25) is 9.78 Å². The molecule has 1 N–H and O–H groups in total. The molecule has 5 rings (SSSR count). The van der Waals surface area contributed by atoms with Gasteiger partial charge >= 0.3 is 6.09 Å². The molecule has 0 spiro atoms. The fourth-order valence-corrected chi connectivity index (χ4v) is 5.86. The summed E-state index contributed by atoms with van der Waals surface area (Å²) in [5.41, 5.74) is 5.84. The lowest BCUT2D eigenvalue weighted by Crippen LogP contribution is -2.52. The van der Waals surface area contributed by atoms with Crippen molar-refractivity contribution in [3.05, 3.63) is 89.3 Å². The summed E-state index contributed by atoms with van der Waals surface area (Å²) in [4.78, 5) is 33.6. The molecular formula is C35H41N3O3. The molecule has 1 aromatic heterocycles. The third-order valence-corrected chi connectivity index (χ3v) is 8.06. The van der Waals surface area contributed by atoms with Gasteiger partial charge in [0.15, 0.2) is 5.78 Å². The van der Waals surface area contributed by atoms with Crippen LogP contribution in [0.4, 0.5) is 4.79 Å². The second kappa shape index (κ2) is 10.5. The van der Waals surface area contributed by atoms with Gasteiger partial charge in [0, 0.05) is 48.0 Å². The Bertz CT molecular complexity index is 1490. The van der Waals surface area contributed by atoms with E-state index < -0.39 is 11.1 Å². The summed E-state index contributed by atoms with van der Waals surface area (Å²) >= 11 is 0. The number of amides is 1. The molecule has 2 aliphatic rings. The standard InChI is InChI=1S/C35H41N3O3/c1-33(2,3)41-32(40)37-35(18-11-19-35)25-16-14-24(15-17-25)30-26(23-12-9-8-10-13-23)20-27-29(36-30)21-34(4,5)28(31(27)39)22-38(6)7/h8-10,12-17,20,22H,11,18-19,21H2,1-7H3,(H,37,40). The molecule has 41 heavy (non-hydrogen) atoms. The number of alkyl carbamates (subject to hydrolysis) is 1. The highest BCUT2D eigenvalue weighted by Gasteiger charge is 2.41. The Morgan fingerprint density at radius 2 is 1.63 bits per heavy atom. The van der Waals surface area contributed by atoms with E-state index in [0.717, 1.165) is 58.5 Å². The molecule has 1 amide bonds. The van der Waals surface area contributed by atoms with E-state index in [1.165, 1.54) is 0 Å². The van der Waals surface area contributed by atoms with Crippen LogP contribution in [0.1, 0.15) is 75.5 Å². The number of ketones is 1. The number of benzene rings is 2. The molecule has 1 heterocycles. The Hall–Kier alpha value is -3.93. The molecule has 6 nitrogen and oxygen atoms in total. The maximum Gasteiger partial charge on any atom is 0.408 e. The van der Waals surface area contributed by atoms with Crippen LogP contribution in [0.15, 0.2) is 72.4 Å². The second-order valence-electron chi connectivity index (χ2n) is 13.3. The fourth-order valence-electron chi connectivity index (χ4n) is 5.86. The molecule has 0 radical (unpaired) electrons. The second-order valence-corrected chi connectivity index (χ2v) is 13.3. The van der Waals surface area contributed by atoms with Crippen molar-refractivity contribution in [2.24, 2.45) is 5.41 Å². The molecule has 2 aromatic carbocycles. The Morgan fingerprint density at radius 1 is 0.976 bits per heavy atom. The van der Waals surface area contributed by atoms with Gasteiger partial charge in [-0.05, 0) is 63.6 Å². The highest BCUT2D eigenvalue weighted by Crippen LogP contribution is 2.44. The normalized spacial score (nSPS) is 18.3. The molecule has 0 unspecified atom stereocenters. The number of nitrogens with one attached hydrogen (secondary N) is 1. The molecule has 3 aromatic rings. The van der Waals surface area contributed by atoms with Crippen molar-refractivity contribution in [3.63, 3.8) is 0 Å². The number of ether oxygens (including phenoxy) is 1. The van der Waals surface area contributed by atoms with E-state index in [-0.39, 0.29) is 17.3 Å². The van der Waals surface area contributed by atoms with Crippen LogP contribution in [-0.2, 0) is 16.7 Å². The van der Waals surface area contributed by atoms with Crippen LogP contribution in [0.5, 0.6) is 0 Å². The Kier molecular flexibility index (Phi) is 7.31. The van der Waals surface area contributed by atoms with Gasteiger partial charge < -0.3 is 15.0 Å². The zero-order valence-electron chi connectivity index (χ0n) is 25.3. The largest absolute Gasteiger partial charge is 0.444 e. The number of pyridine rings is 1. The first kappa shape index (κ1) is 28.6. The number of fused-ring (bicyclic) bond motifs is 1. The van der Waals surface area contributed by atoms with E-state index in [9.17, 15) is 9.59 Å². The molecule has 0 bridgehead atoms. The number of Topliss-reactive ketones (excluding diaryl/α,β-unsaturated/α-hetero) is 1. The van der Waals surface area contributed by atoms with Crippen LogP contribution in [0, 0.1) is 5.41 Å². The average molecular weight is 552 g/mol. The van der Waals surface area contributed by atoms with Crippen molar-refractivity contribution >= 4 is 11.9 Å². The first-order valence-electron chi connectivity index (χ1n) is 14.4. The molecule has 0 aliphatic heterocycles. The smallest absolute Gasteiger partial charge is 0.408 e. The summed E-state index contributed by atoms with van der Waals surface area (Å²) in [5.74, 6) is 0.0386. The zero-order valence-corrected chi connectivity index (χ0v) is 25.3. The van der Waals surface area contributed by atoms with Crippen LogP contribution in [0.25, 0.3) is 22.4 Å². The van der Waals surface area contributed by atoms with Gasteiger partial charge in [-0.15, -0.1) is 0 Å². The Labute approximate surface area is 243 Å². The summed E-state index contributed by atoms with van der Waals surface area (Å²) in [7, 11) is 3.89. The third-order valence-electron chi connectivity index (χ3n) is 8.06. The number of nitrogens with zero attached hydrogens (tertiary/aromatic N) is 2. The number of carbonyl (C=O) groups excluding carboxylic acids is 2. The summed E-state index contributed by atoms with van der Waals surface area (Å²) < 4.78 is 5.56. The van der Waals surface area contributed by atoms with Crippen LogP contribution in [0.2, 0.25) is 0 Å². The van der Waals surface area contributed by atoms with Crippen molar-refractivity contribution < 1.29 is 14.3 Å². The lowest BCUT2D eigenvalue weighted by Gasteiger charge is -2.43. The maximum absolute atomic E-state index is 13.8. The highest BCUT2D eigenvalue weighted by atomic mass is 16.6. The topological polar surface area (TPSA) is 71.5 Å². The van der Waals surface area contributed by atoms with Gasteiger partial charge in [-0.1, -0.05) is 68.4 Å². The van der Waals surface area contributed by atoms with E-state index in [0.29, 0.717) is 12.0 Å². The van der Waals surface area contributed by atoms with Crippen molar-refractivity contribution in [2.45, 2.75) is 71.4 Å². The molecule has 6 heteroatoms. The van der Waals surface area contributed by atoms with Crippen LogP contribution in [-0.4, -0.2) is 41.5 Å². The number of aromatic nitrogens is 1.